The van der Waals surface area contributed by atoms with Gasteiger partial charge >= 0.3 is 0 Å². The van der Waals surface area contributed by atoms with Crippen LogP contribution in [0.4, 0.5) is 0 Å². The summed E-state index contributed by atoms with van der Waals surface area (Å²) >= 11 is 0. The van der Waals surface area contributed by atoms with Crippen molar-refractivity contribution in [3.63, 3.8) is 0 Å². The topological polar surface area (TPSA) is 85.1 Å². The smallest absolute Gasteiger partial charge is 0.242 e. The number of nitrogens with zero attached hydrogens (tertiary/aromatic N) is 1. The summed E-state index contributed by atoms with van der Waals surface area (Å²) in [7, 11) is -3.58. The summed E-state index contributed by atoms with van der Waals surface area (Å²) in [5.41, 5.74) is 5.41. The normalized spacial score (nSPS) is 15.6. The van der Waals surface area contributed by atoms with Crippen LogP contribution >= 0.6 is 0 Å². The molecule has 0 aliphatic heterocycles. The van der Waals surface area contributed by atoms with Crippen LogP contribution in [-0.2, 0) is 10.0 Å². The molecule has 0 bridgehead atoms. The van der Waals surface area contributed by atoms with Gasteiger partial charge in [-0.2, -0.15) is 0 Å². The van der Waals surface area contributed by atoms with Crippen molar-refractivity contribution in [3.05, 3.63) is 24.0 Å². The Hall–Kier alpha value is -1.42. The molecule has 3 N–H and O–H groups in total. The molecule has 0 spiro atoms. The van der Waals surface area contributed by atoms with Crippen molar-refractivity contribution in [2.24, 2.45) is 11.7 Å². The average molecular weight is 293 g/mol. The molecule has 20 heavy (non-hydrogen) atoms. The lowest BCUT2D eigenvalue weighted by molar-refractivity contribution is 0.400. The zero-order chi connectivity index (χ0) is 14.8. The summed E-state index contributed by atoms with van der Waals surface area (Å²) in [5.74, 6) is 5.88. The molecule has 0 atom stereocenters. The molecule has 1 saturated carbocycles. The van der Waals surface area contributed by atoms with Gasteiger partial charge in [0.25, 0.3) is 0 Å². The van der Waals surface area contributed by atoms with Crippen molar-refractivity contribution >= 4 is 10.0 Å². The van der Waals surface area contributed by atoms with Crippen LogP contribution in [0.15, 0.2) is 23.4 Å². The second-order valence-corrected chi connectivity index (χ2v) is 7.20. The number of sulfonamides is 1. The summed E-state index contributed by atoms with van der Waals surface area (Å²) in [6.45, 7) is 4.05. The zero-order valence-corrected chi connectivity index (χ0v) is 12.5. The largest absolute Gasteiger partial charge is 0.320 e. The van der Waals surface area contributed by atoms with E-state index < -0.39 is 15.6 Å². The lowest BCUT2D eigenvalue weighted by Crippen LogP contribution is -2.45. The lowest BCUT2D eigenvalue weighted by atomic mass is 10.0. The average Bonchev–Trinajstić information content (AvgIpc) is 3.20. The molecule has 0 aromatic carbocycles. The highest BCUT2D eigenvalue weighted by molar-refractivity contribution is 7.89. The van der Waals surface area contributed by atoms with Crippen LogP contribution in [-0.4, -0.2) is 25.5 Å². The first-order valence-electron chi connectivity index (χ1n) is 6.53. The maximum absolute atomic E-state index is 12.4. The Balaban J connectivity index is 2.25. The molecule has 1 heterocycles. The molecule has 2 rings (SSSR count). The Morgan fingerprint density at radius 2 is 2.15 bits per heavy atom. The molecular weight excluding hydrogens is 274 g/mol. The number of nitrogens with two attached hydrogens (primary N) is 1. The molecule has 6 heteroatoms. The van der Waals surface area contributed by atoms with Crippen molar-refractivity contribution in [1.82, 2.24) is 9.71 Å². The van der Waals surface area contributed by atoms with E-state index in [4.69, 9.17) is 5.73 Å². The van der Waals surface area contributed by atoms with E-state index >= 15 is 0 Å². The first kappa shape index (κ1) is 15.0. The van der Waals surface area contributed by atoms with Crippen molar-refractivity contribution < 1.29 is 8.42 Å². The lowest BCUT2D eigenvalue weighted by Gasteiger charge is -2.25. The van der Waals surface area contributed by atoms with Gasteiger partial charge in [0.2, 0.25) is 10.0 Å². The third kappa shape index (κ3) is 3.57. The number of hydrogen-bond donors (Lipinski definition) is 2. The van der Waals surface area contributed by atoms with Crippen LogP contribution in [0.3, 0.4) is 0 Å². The quantitative estimate of drug-likeness (QED) is 0.806. The Morgan fingerprint density at radius 1 is 1.45 bits per heavy atom. The first-order valence-corrected chi connectivity index (χ1v) is 8.01. The van der Waals surface area contributed by atoms with Crippen LogP contribution < -0.4 is 10.5 Å². The summed E-state index contributed by atoms with van der Waals surface area (Å²) in [6, 6.07) is 1.51. The predicted molar refractivity (Wildman–Crippen MR) is 77.3 cm³/mol. The second-order valence-electron chi connectivity index (χ2n) is 5.52. The fourth-order valence-electron chi connectivity index (χ4n) is 2.08. The monoisotopic (exact) mass is 293 g/mol. The molecule has 1 aromatic heterocycles. The number of pyridine rings is 1. The maximum atomic E-state index is 12.4. The Morgan fingerprint density at radius 3 is 2.75 bits per heavy atom. The van der Waals surface area contributed by atoms with Crippen molar-refractivity contribution in [3.8, 4) is 11.8 Å². The van der Waals surface area contributed by atoms with Crippen molar-refractivity contribution in [1.29, 1.82) is 0 Å². The van der Waals surface area contributed by atoms with Gasteiger partial charge in [0.15, 0.2) is 0 Å². The Kier molecular flexibility index (Phi) is 4.14. The van der Waals surface area contributed by atoms with Gasteiger partial charge in [-0.05, 0) is 38.7 Å². The van der Waals surface area contributed by atoms with Gasteiger partial charge in [-0.15, -0.1) is 0 Å². The Labute approximate surface area is 120 Å². The molecule has 0 saturated heterocycles. The molecular formula is C14H19N3O2S. The van der Waals surface area contributed by atoms with E-state index in [0.717, 1.165) is 12.8 Å². The number of rotatable bonds is 4. The number of hydrogen-bond acceptors (Lipinski definition) is 4. The molecule has 1 aromatic rings. The van der Waals surface area contributed by atoms with Gasteiger partial charge in [-0.3, -0.25) is 4.98 Å². The fourth-order valence-corrected chi connectivity index (χ4v) is 3.54. The van der Waals surface area contributed by atoms with E-state index in [-0.39, 0.29) is 11.4 Å². The van der Waals surface area contributed by atoms with Crippen molar-refractivity contribution in [2.45, 2.75) is 37.1 Å². The molecule has 1 aliphatic rings. The molecule has 5 nitrogen and oxygen atoms in total. The SMILES string of the molecule is CC(C)(NS(=O)(=O)c1cncc(C#CCN)c1)C1CC1. The van der Waals surface area contributed by atoms with Gasteiger partial charge in [0, 0.05) is 23.5 Å². The minimum Gasteiger partial charge on any atom is -0.320 e. The van der Waals surface area contributed by atoms with E-state index in [1.54, 1.807) is 0 Å². The summed E-state index contributed by atoms with van der Waals surface area (Å²) in [5, 5.41) is 0. The highest BCUT2D eigenvalue weighted by Crippen LogP contribution is 2.39. The van der Waals surface area contributed by atoms with Crippen LogP contribution in [0, 0.1) is 17.8 Å². The number of aromatic nitrogens is 1. The van der Waals surface area contributed by atoms with Gasteiger partial charge < -0.3 is 5.73 Å². The van der Waals surface area contributed by atoms with E-state index in [1.807, 2.05) is 13.8 Å². The zero-order valence-electron chi connectivity index (χ0n) is 11.7. The van der Waals surface area contributed by atoms with E-state index in [1.165, 1.54) is 18.5 Å². The summed E-state index contributed by atoms with van der Waals surface area (Å²) in [6.07, 6.45) is 4.98. The van der Waals surface area contributed by atoms with Gasteiger partial charge in [0.05, 0.1) is 6.54 Å². The molecule has 108 valence electrons. The minimum atomic E-state index is -3.58. The highest BCUT2D eigenvalue weighted by Gasteiger charge is 2.40. The van der Waals surface area contributed by atoms with E-state index in [0.29, 0.717) is 11.5 Å². The fraction of sp³-hybridized carbons (Fsp3) is 0.500. The maximum Gasteiger partial charge on any atom is 0.242 e. The standard InChI is InChI=1S/C14H19N3O2S/c1-14(2,12-5-6-12)17-20(18,19)13-8-11(4-3-7-15)9-16-10-13/h8-10,12,17H,5-7,15H2,1-2H3. The van der Waals surface area contributed by atoms with Crippen LogP contribution in [0.5, 0.6) is 0 Å². The van der Waals surface area contributed by atoms with E-state index in [2.05, 4.69) is 21.5 Å². The molecule has 0 amide bonds. The van der Waals surface area contributed by atoms with Crippen molar-refractivity contribution in [2.75, 3.05) is 6.54 Å². The third-order valence-electron chi connectivity index (χ3n) is 3.35. The molecule has 0 radical (unpaired) electrons. The first-order chi connectivity index (χ1) is 9.35. The third-order valence-corrected chi connectivity index (χ3v) is 4.99. The van der Waals surface area contributed by atoms with Crippen LogP contribution in [0.25, 0.3) is 0 Å². The predicted octanol–water partition coefficient (Wildman–Crippen LogP) is 0.859. The summed E-state index contributed by atoms with van der Waals surface area (Å²) < 4.78 is 27.5. The van der Waals surface area contributed by atoms with Crippen LogP contribution in [0.1, 0.15) is 32.3 Å². The van der Waals surface area contributed by atoms with Crippen LogP contribution in [0.2, 0.25) is 0 Å². The number of nitrogens with one attached hydrogen (secondary N) is 1. The Bertz CT molecular complexity index is 652. The summed E-state index contributed by atoms with van der Waals surface area (Å²) in [4.78, 5) is 4.07. The molecule has 1 fully saturated rings. The van der Waals surface area contributed by atoms with Gasteiger partial charge in [-0.1, -0.05) is 11.8 Å². The molecule has 0 unspecified atom stereocenters. The highest BCUT2D eigenvalue weighted by atomic mass is 32.2. The van der Waals surface area contributed by atoms with Gasteiger partial charge in [0.1, 0.15) is 4.90 Å². The second kappa shape index (κ2) is 5.52. The minimum absolute atomic E-state index is 0.134. The van der Waals surface area contributed by atoms with Gasteiger partial charge in [-0.25, -0.2) is 13.1 Å². The molecule has 1 aliphatic carbocycles. The van der Waals surface area contributed by atoms with E-state index in [9.17, 15) is 8.42 Å².